The molecule has 82 valence electrons. The maximum absolute atomic E-state index is 5.77. The number of rotatable bonds is 5. The third kappa shape index (κ3) is 3.39. The average molecular weight is 272 g/mol. The van der Waals surface area contributed by atoms with Gasteiger partial charge < -0.3 is 15.2 Å². The number of hydrogen-bond acceptors (Lipinski definition) is 3. The molecule has 15 heavy (non-hydrogen) atoms. The topological polar surface area (TPSA) is 44.5 Å². The minimum atomic E-state index is 0.280. The zero-order chi connectivity index (χ0) is 10.7. The molecule has 2 N–H and O–H groups in total. The zero-order valence-corrected chi connectivity index (χ0v) is 10.00. The molecule has 1 aliphatic carbocycles. The number of nitrogen functional groups attached to an aromatic ring is 1. The van der Waals surface area contributed by atoms with Gasteiger partial charge in [0.25, 0.3) is 0 Å². The van der Waals surface area contributed by atoms with Gasteiger partial charge in [-0.3, -0.25) is 0 Å². The number of anilines is 1. The highest BCUT2D eigenvalue weighted by Crippen LogP contribution is 2.29. The van der Waals surface area contributed by atoms with Crippen LogP contribution in [0.4, 0.5) is 5.69 Å². The number of nitrogens with two attached hydrogens (primary N) is 1. The van der Waals surface area contributed by atoms with Crippen molar-refractivity contribution in [2.75, 3.05) is 19.1 Å². The van der Waals surface area contributed by atoms with Crippen LogP contribution >= 0.6 is 15.9 Å². The van der Waals surface area contributed by atoms with E-state index < -0.39 is 0 Å². The molecule has 0 aromatic heterocycles. The number of halogens is 1. The molecule has 0 saturated heterocycles. The Hall–Kier alpha value is -0.740. The van der Waals surface area contributed by atoms with Crippen LogP contribution in [-0.4, -0.2) is 13.4 Å². The summed E-state index contributed by atoms with van der Waals surface area (Å²) >= 11 is 3.34. The summed E-state index contributed by atoms with van der Waals surface area (Å²) in [5.41, 5.74) is 6.39. The van der Waals surface area contributed by atoms with E-state index in [0.29, 0.717) is 11.4 Å². The van der Waals surface area contributed by atoms with Crippen LogP contribution in [0.25, 0.3) is 0 Å². The molecule has 1 aromatic rings. The van der Waals surface area contributed by atoms with Crippen molar-refractivity contribution >= 4 is 21.6 Å². The summed E-state index contributed by atoms with van der Waals surface area (Å²) < 4.78 is 11.7. The second kappa shape index (κ2) is 4.86. The lowest BCUT2D eigenvalue weighted by molar-refractivity contribution is 0.0104. The molecule has 4 heteroatoms. The first-order valence-electron chi connectivity index (χ1n) is 5.01. The van der Waals surface area contributed by atoms with Crippen molar-refractivity contribution in [3.05, 3.63) is 22.7 Å². The lowest BCUT2D eigenvalue weighted by Gasteiger charge is -2.09. The van der Waals surface area contributed by atoms with E-state index in [2.05, 4.69) is 15.9 Å². The van der Waals surface area contributed by atoms with Crippen LogP contribution < -0.4 is 10.5 Å². The molecule has 0 amide bonds. The number of benzene rings is 1. The normalized spacial score (nSPS) is 15.3. The molecule has 1 saturated carbocycles. The Morgan fingerprint density at radius 3 is 2.87 bits per heavy atom. The Morgan fingerprint density at radius 1 is 1.40 bits per heavy atom. The van der Waals surface area contributed by atoms with Gasteiger partial charge in [0.15, 0.2) is 6.79 Å². The molecule has 2 rings (SSSR count). The third-order valence-electron chi connectivity index (χ3n) is 2.32. The van der Waals surface area contributed by atoms with Crippen molar-refractivity contribution < 1.29 is 9.47 Å². The predicted molar refractivity (Wildman–Crippen MR) is 62.7 cm³/mol. The van der Waals surface area contributed by atoms with Crippen LogP contribution in [0.5, 0.6) is 5.75 Å². The zero-order valence-electron chi connectivity index (χ0n) is 8.41. The van der Waals surface area contributed by atoms with Crippen LogP contribution in [-0.2, 0) is 4.74 Å². The largest absolute Gasteiger partial charge is 0.465 e. The lowest BCUT2D eigenvalue weighted by Crippen LogP contribution is -2.06. The number of ether oxygens (including phenoxy) is 2. The first kappa shape index (κ1) is 10.8. The molecule has 0 aliphatic heterocycles. The Morgan fingerprint density at radius 2 is 2.20 bits per heavy atom. The maximum Gasteiger partial charge on any atom is 0.189 e. The van der Waals surface area contributed by atoms with Gasteiger partial charge in [-0.15, -0.1) is 0 Å². The molecule has 0 bridgehead atoms. The minimum absolute atomic E-state index is 0.280. The van der Waals surface area contributed by atoms with E-state index in [1.807, 2.05) is 18.2 Å². The molecule has 0 radical (unpaired) electrons. The molecule has 0 unspecified atom stereocenters. The molecule has 0 spiro atoms. The summed E-state index contributed by atoms with van der Waals surface area (Å²) in [6.07, 6.45) is 2.58. The highest BCUT2D eigenvalue weighted by Gasteiger charge is 2.21. The minimum Gasteiger partial charge on any atom is -0.465 e. The summed E-state index contributed by atoms with van der Waals surface area (Å²) in [7, 11) is 0. The second-order valence-corrected chi connectivity index (χ2v) is 4.67. The van der Waals surface area contributed by atoms with Crippen molar-refractivity contribution in [1.29, 1.82) is 0 Å². The standard InChI is InChI=1S/C11H14BrNO2/c12-9-3-4-11(10(13)5-9)15-7-14-6-8-1-2-8/h3-5,8H,1-2,6-7,13H2. The first-order valence-corrected chi connectivity index (χ1v) is 5.80. The smallest absolute Gasteiger partial charge is 0.189 e. The second-order valence-electron chi connectivity index (χ2n) is 3.76. The van der Waals surface area contributed by atoms with Crippen molar-refractivity contribution in [3.8, 4) is 5.75 Å². The van der Waals surface area contributed by atoms with Crippen LogP contribution in [0.2, 0.25) is 0 Å². The summed E-state index contributed by atoms with van der Waals surface area (Å²) in [5, 5.41) is 0. The van der Waals surface area contributed by atoms with E-state index in [1.165, 1.54) is 12.8 Å². The molecule has 0 atom stereocenters. The Kier molecular flexibility index (Phi) is 3.49. The van der Waals surface area contributed by atoms with Gasteiger partial charge in [0, 0.05) is 4.47 Å². The van der Waals surface area contributed by atoms with Gasteiger partial charge >= 0.3 is 0 Å². The summed E-state index contributed by atoms with van der Waals surface area (Å²) in [5.74, 6) is 1.44. The summed E-state index contributed by atoms with van der Waals surface area (Å²) in [4.78, 5) is 0. The SMILES string of the molecule is Nc1cc(Br)ccc1OCOCC1CC1. The van der Waals surface area contributed by atoms with E-state index >= 15 is 0 Å². The highest BCUT2D eigenvalue weighted by molar-refractivity contribution is 9.10. The van der Waals surface area contributed by atoms with Gasteiger partial charge in [-0.2, -0.15) is 0 Å². The third-order valence-corrected chi connectivity index (χ3v) is 2.81. The van der Waals surface area contributed by atoms with E-state index in [9.17, 15) is 0 Å². The molecular formula is C11H14BrNO2. The van der Waals surface area contributed by atoms with Gasteiger partial charge in [0.05, 0.1) is 12.3 Å². The fourth-order valence-corrected chi connectivity index (χ4v) is 1.63. The van der Waals surface area contributed by atoms with Crippen LogP contribution in [0.1, 0.15) is 12.8 Å². The summed E-state index contributed by atoms with van der Waals surface area (Å²) in [6, 6.07) is 5.54. The highest BCUT2D eigenvalue weighted by atomic mass is 79.9. The maximum atomic E-state index is 5.77. The fraction of sp³-hybridized carbons (Fsp3) is 0.455. The van der Waals surface area contributed by atoms with E-state index in [-0.39, 0.29) is 6.79 Å². The van der Waals surface area contributed by atoms with Gasteiger partial charge in [0.2, 0.25) is 0 Å². The molecule has 0 heterocycles. The fourth-order valence-electron chi connectivity index (χ4n) is 1.26. The van der Waals surface area contributed by atoms with Crippen LogP contribution in [0.15, 0.2) is 22.7 Å². The van der Waals surface area contributed by atoms with Gasteiger partial charge in [0.1, 0.15) is 5.75 Å². The predicted octanol–water partition coefficient (Wildman–Crippen LogP) is 2.79. The van der Waals surface area contributed by atoms with Crippen LogP contribution in [0.3, 0.4) is 0 Å². The molecule has 3 nitrogen and oxygen atoms in total. The van der Waals surface area contributed by atoms with Gasteiger partial charge in [-0.05, 0) is 37.0 Å². The monoisotopic (exact) mass is 271 g/mol. The Balaban J connectivity index is 1.76. The van der Waals surface area contributed by atoms with E-state index in [0.717, 1.165) is 17.0 Å². The van der Waals surface area contributed by atoms with Crippen molar-refractivity contribution in [2.45, 2.75) is 12.8 Å². The van der Waals surface area contributed by atoms with Crippen molar-refractivity contribution in [1.82, 2.24) is 0 Å². The van der Waals surface area contributed by atoms with Gasteiger partial charge in [-0.1, -0.05) is 15.9 Å². The quantitative estimate of drug-likeness (QED) is 0.509. The molecule has 1 aliphatic rings. The van der Waals surface area contributed by atoms with Crippen molar-refractivity contribution in [2.24, 2.45) is 5.92 Å². The first-order chi connectivity index (χ1) is 7.25. The van der Waals surface area contributed by atoms with Crippen LogP contribution in [0, 0.1) is 5.92 Å². The average Bonchev–Trinajstić information content (AvgIpc) is 2.99. The number of hydrogen-bond donors (Lipinski definition) is 1. The van der Waals surface area contributed by atoms with E-state index in [4.69, 9.17) is 15.2 Å². The molecule has 1 fully saturated rings. The summed E-state index contributed by atoms with van der Waals surface area (Å²) in [6.45, 7) is 1.08. The van der Waals surface area contributed by atoms with Gasteiger partial charge in [-0.25, -0.2) is 0 Å². The Labute approximate surface area is 97.7 Å². The lowest BCUT2D eigenvalue weighted by atomic mass is 10.3. The van der Waals surface area contributed by atoms with Crippen molar-refractivity contribution in [3.63, 3.8) is 0 Å². The van der Waals surface area contributed by atoms with E-state index in [1.54, 1.807) is 0 Å². The Bertz CT molecular complexity index is 339. The molecule has 1 aromatic carbocycles. The molecular weight excluding hydrogens is 258 g/mol.